The Bertz CT molecular complexity index is 628. The summed E-state index contributed by atoms with van der Waals surface area (Å²) in [5.74, 6) is -0.333. The second-order valence-electron chi connectivity index (χ2n) is 5.65. The minimum Gasteiger partial charge on any atom is -0.386 e. The molecular formula is C19H23NO2S. The number of hydrogen-bond acceptors (Lipinski definition) is 3. The van der Waals surface area contributed by atoms with E-state index in [-0.39, 0.29) is 17.9 Å². The molecule has 0 radical (unpaired) electrons. The van der Waals surface area contributed by atoms with Gasteiger partial charge in [0.05, 0.1) is 18.1 Å². The number of aliphatic hydroxyl groups excluding tert-OH is 1. The number of thioether (sulfide) groups is 1. The predicted octanol–water partition coefficient (Wildman–Crippen LogP) is 3.75. The molecule has 122 valence electrons. The van der Waals surface area contributed by atoms with E-state index in [2.05, 4.69) is 5.32 Å². The first kappa shape index (κ1) is 17.6. The van der Waals surface area contributed by atoms with E-state index < -0.39 is 6.10 Å². The van der Waals surface area contributed by atoms with Gasteiger partial charge in [-0.25, -0.2) is 0 Å². The van der Waals surface area contributed by atoms with Gasteiger partial charge in [-0.2, -0.15) is 0 Å². The maximum Gasteiger partial charge on any atom is 0.227 e. The lowest BCUT2D eigenvalue weighted by Crippen LogP contribution is -2.39. The second kappa shape index (κ2) is 8.18. The van der Waals surface area contributed by atoms with Crippen molar-refractivity contribution in [3.63, 3.8) is 0 Å². The highest BCUT2D eigenvalue weighted by atomic mass is 32.2. The van der Waals surface area contributed by atoms with E-state index in [0.29, 0.717) is 0 Å². The van der Waals surface area contributed by atoms with Gasteiger partial charge in [-0.3, -0.25) is 4.79 Å². The van der Waals surface area contributed by atoms with Crippen LogP contribution in [0.2, 0.25) is 0 Å². The normalized spacial score (nSPS) is 14.8. The monoisotopic (exact) mass is 329 g/mol. The molecule has 3 unspecified atom stereocenters. The third kappa shape index (κ3) is 4.60. The molecule has 0 saturated heterocycles. The van der Waals surface area contributed by atoms with Gasteiger partial charge >= 0.3 is 0 Å². The van der Waals surface area contributed by atoms with Crippen LogP contribution >= 0.6 is 11.8 Å². The molecule has 2 aromatic rings. The molecule has 2 N–H and O–H groups in total. The Hall–Kier alpha value is -1.78. The topological polar surface area (TPSA) is 49.3 Å². The zero-order valence-corrected chi connectivity index (χ0v) is 14.5. The molecule has 0 aliphatic carbocycles. The molecular weight excluding hydrogens is 306 g/mol. The van der Waals surface area contributed by atoms with Gasteiger partial charge in [0, 0.05) is 4.90 Å². The van der Waals surface area contributed by atoms with Gasteiger partial charge in [-0.05, 0) is 43.4 Å². The van der Waals surface area contributed by atoms with E-state index in [9.17, 15) is 9.90 Å². The van der Waals surface area contributed by atoms with Gasteiger partial charge in [0.25, 0.3) is 0 Å². The standard InChI is InChI=1S/C19H23NO2S/c1-13(15-9-11-17(23-3)12-10-15)19(22)20-14(2)18(21)16-7-5-4-6-8-16/h4-14,18,21H,1-3H3,(H,20,22). The number of amides is 1. The van der Waals surface area contributed by atoms with Crippen LogP contribution in [0.5, 0.6) is 0 Å². The lowest BCUT2D eigenvalue weighted by Gasteiger charge is -2.22. The number of carbonyl (C=O) groups is 1. The first-order chi connectivity index (χ1) is 11.0. The molecule has 3 atom stereocenters. The van der Waals surface area contributed by atoms with Gasteiger partial charge in [-0.1, -0.05) is 42.5 Å². The van der Waals surface area contributed by atoms with Crippen molar-refractivity contribution < 1.29 is 9.90 Å². The summed E-state index contributed by atoms with van der Waals surface area (Å²) in [4.78, 5) is 13.6. The zero-order chi connectivity index (χ0) is 16.8. The molecule has 2 rings (SSSR count). The third-order valence-electron chi connectivity index (χ3n) is 3.99. The van der Waals surface area contributed by atoms with Gasteiger partial charge in [0.2, 0.25) is 5.91 Å². The van der Waals surface area contributed by atoms with Gasteiger partial charge in [0.1, 0.15) is 0 Å². The Morgan fingerprint density at radius 3 is 2.17 bits per heavy atom. The summed E-state index contributed by atoms with van der Waals surface area (Å²) in [7, 11) is 0. The molecule has 0 bridgehead atoms. The Kier molecular flexibility index (Phi) is 6.25. The summed E-state index contributed by atoms with van der Waals surface area (Å²) in [6.07, 6.45) is 1.31. The minimum atomic E-state index is -0.716. The number of aliphatic hydroxyl groups is 1. The van der Waals surface area contributed by atoms with Crippen LogP contribution in [0.1, 0.15) is 37.0 Å². The van der Waals surface area contributed by atoms with Crippen molar-refractivity contribution >= 4 is 17.7 Å². The van der Waals surface area contributed by atoms with E-state index in [1.54, 1.807) is 11.8 Å². The molecule has 0 saturated carbocycles. The zero-order valence-electron chi connectivity index (χ0n) is 13.7. The van der Waals surface area contributed by atoms with Crippen molar-refractivity contribution in [1.82, 2.24) is 5.32 Å². The van der Waals surface area contributed by atoms with E-state index in [0.717, 1.165) is 11.1 Å². The largest absolute Gasteiger partial charge is 0.386 e. The quantitative estimate of drug-likeness (QED) is 0.794. The summed E-state index contributed by atoms with van der Waals surface area (Å²) < 4.78 is 0. The van der Waals surface area contributed by atoms with Crippen LogP contribution in [-0.2, 0) is 4.79 Å². The minimum absolute atomic E-state index is 0.0793. The molecule has 0 aliphatic rings. The molecule has 3 nitrogen and oxygen atoms in total. The molecule has 23 heavy (non-hydrogen) atoms. The summed E-state index contributed by atoms with van der Waals surface area (Å²) in [6.45, 7) is 3.70. The maximum absolute atomic E-state index is 12.4. The lowest BCUT2D eigenvalue weighted by molar-refractivity contribution is -0.123. The maximum atomic E-state index is 12.4. The van der Waals surface area contributed by atoms with E-state index >= 15 is 0 Å². The molecule has 4 heteroatoms. The molecule has 0 fully saturated rings. The highest BCUT2D eigenvalue weighted by molar-refractivity contribution is 7.98. The van der Waals surface area contributed by atoms with Crippen molar-refractivity contribution in [1.29, 1.82) is 0 Å². The van der Waals surface area contributed by atoms with Gasteiger partial charge < -0.3 is 10.4 Å². The van der Waals surface area contributed by atoms with Crippen LogP contribution < -0.4 is 5.32 Å². The van der Waals surface area contributed by atoms with Crippen molar-refractivity contribution in [2.75, 3.05) is 6.26 Å². The average Bonchev–Trinajstić information content (AvgIpc) is 2.61. The Morgan fingerprint density at radius 2 is 1.61 bits per heavy atom. The number of rotatable bonds is 6. The summed E-state index contributed by atoms with van der Waals surface area (Å²) >= 11 is 1.68. The van der Waals surface area contributed by atoms with E-state index in [1.165, 1.54) is 4.90 Å². The number of hydrogen-bond donors (Lipinski definition) is 2. The van der Waals surface area contributed by atoms with Crippen molar-refractivity contribution in [3.8, 4) is 0 Å². The van der Waals surface area contributed by atoms with Crippen molar-refractivity contribution in [2.24, 2.45) is 0 Å². The Morgan fingerprint density at radius 1 is 1.00 bits per heavy atom. The molecule has 1 amide bonds. The van der Waals surface area contributed by atoms with Crippen LogP contribution in [0, 0.1) is 0 Å². The Labute approximate surface area is 142 Å². The predicted molar refractivity (Wildman–Crippen MR) is 95.6 cm³/mol. The molecule has 0 aliphatic heterocycles. The number of carbonyl (C=O) groups excluding carboxylic acids is 1. The Balaban J connectivity index is 1.99. The summed E-state index contributed by atoms with van der Waals surface area (Å²) in [5.41, 5.74) is 1.78. The molecule has 0 heterocycles. The molecule has 0 spiro atoms. The first-order valence-corrected chi connectivity index (χ1v) is 8.92. The van der Waals surface area contributed by atoms with Crippen molar-refractivity contribution in [3.05, 3.63) is 65.7 Å². The van der Waals surface area contributed by atoms with Crippen LogP contribution in [0.25, 0.3) is 0 Å². The second-order valence-corrected chi connectivity index (χ2v) is 6.53. The fraction of sp³-hybridized carbons (Fsp3) is 0.316. The SMILES string of the molecule is CSc1ccc(C(C)C(=O)NC(C)C(O)c2ccccc2)cc1. The molecule has 0 aromatic heterocycles. The molecule has 2 aromatic carbocycles. The number of nitrogens with one attached hydrogen (secondary N) is 1. The van der Waals surface area contributed by atoms with Crippen LogP contribution in [-0.4, -0.2) is 23.3 Å². The van der Waals surface area contributed by atoms with Gasteiger partial charge in [0.15, 0.2) is 0 Å². The average molecular weight is 329 g/mol. The fourth-order valence-electron chi connectivity index (χ4n) is 2.41. The highest BCUT2D eigenvalue weighted by Gasteiger charge is 2.22. The van der Waals surface area contributed by atoms with E-state index in [4.69, 9.17) is 0 Å². The van der Waals surface area contributed by atoms with Gasteiger partial charge in [-0.15, -0.1) is 11.8 Å². The summed E-state index contributed by atoms with van der Waals surface area (Å²) in [6, 6.07) is 17.0. The van der Waals surface area contributed by atoms with E-state index in [1.807, 2.05) is 74.7 Å². The number of benzene rings is 2. The van der Waals surface area contributed by atoms with Crippen LogP contribution in [0.4, 0.5) is 0 Å². The smallest absolute Gasteiger partial charge is 0.227 e. The first-order valence-electron chi connectivity index (χ1n) is 7.70. The van der Waals surface area contributed by atoms with Crippen molar-refractivity contribution in [2.45, 2.75) is 36.8 Å². The lowest BCUT2D eigenvalue weighted by atomic mass is 9.98. The summed E-state index contributed by atoms with van der Waals surface area (Å²) in [5, 5.41) is 13.3. The highest BCUT2D eigenvalue weighted by Crippen LogP contribution is 2.22. The third-order valence-corrected chi connectivity index (χ3v) is 4.74. The van der Waals surface area contributed by atoms with Crippen LogP contribution in [0.15, 0.2) is 59.5 Å². The van der Waals surface area contributed by atoms with Crippen LogP contribution in [0.3, 0.4) is 0 Å². The fourth-order valence-corrected chi connectivity index (χ4v) is 2.82.